The largest absolute Gasteiger partial charge is 0.497 e. The normalized spacial score (nSPS) is 18.7. The first-order valence-electron chi connectivity index (χ1n) is 10.4. The third kappa shape index (κ3) is 5.51. The number of anilines is 1. The lowest BCUT2D eigenvalue weighted by atomic mass is 9.91. The number of ketones is 1. The molecule has 1 aliphatic heterocycles. The highest BCUT2D eigenvalue weighted by atomic mass is 32.1. The second kappa shape index (κ2) is 9.94. The standard InChI is InChI=1S/C24H30N2O3S/c1-16-12-17(2)15-26(14-16)24(28)20-13-19(29-4)8-9-21(20)25-18(3)7-10-22(27)23-6-5-11-30-23/h5-6,8-9,11,13,16-17,25H,3,7,10,12,14-15H2,1-2,4H3/t16-,17?/m1/s1. The van der Waals surface area contributed by atoms with E-state index in [1.165, 1.54) is 11.3 Å². The van der Waals surface area contributed by atoms with Gasteiger partial charge < -0.3 is 15.0 Å². The lowest BCUT2D eigenvalue weighted by Crippen LogP contribution is -2.42. The average molecular weight is 427 g/mol. The van der Waals surface area contributed by atoms with Gasteiger partial charge in [0.05, 0.1) is 23.2 Å². The Kier molecular flexibility index (Phi) is 7.32. The number of amides is 1. The third-order valence-corrected chi connectivity index (χ3v) is 6.29. The number of benzene rings is 1. The van der Waals surface area contributed by atoms with Gasteiger partial charge in [0, 0.05) is 25.2 Å². The number of rotatable bonds is 8. The summed E-state index contributed by atoms with van der Waals surface area (Å²) in [6.07, 6.45) is 2.03. The Labute approximate surface area is 182 Å². The Morgan fingerprint density at radius 3 is 2.57 bits per heavy atom. The fourth-order valence-corrected chi connectivity index (χ4v) is 4.71. The van der Waals surface area contributed by atoms with Crippen LogP contribution >= 0.6 is 11.3 Å². The molecule has 160 valence electrons. The van der Waals surface area contributed by atoms with Crippen LogP contribution in [0.25, 0.3) is 0 Å². The smallest absolute Gasteiger partial charge is 0.256 e. The molecule has 0 bridgehead atoms. The number of allylic oxidation sites excluding steroid dienone is 1. The summed E-state index contributed by atoms with van der Waals surface area (Å²) >= 11 is 1.45. The van der Waals surface area contributed by atoms with Crippen molar-refractivity contribution >= 4 is 28.7 Å². The average Bonchev–Trinajstić information content (AvgIpc) is 3.26. The zero-order chi connectivity index (χ0) is 21.7. The maximum absolute atomic E-state index is 13.3. The van der Waals surface area contributed by atoms with Crippen LogP contribution in [0, 0.1) is 11.8 Å². The molecule has 0 aliphatic carbocycles. The summed E-state index contributed by atoms with van der Waals surface area (Å²) in [5.74, 6) is 1.71. The first-order valence-corrected chi connectivity index (χ1v) is 11.2. The summed E-state index contributed by atoms with van der Waals surface area (Å²) in [5, 5.41) is 5.16. The van der Waals surface area contributed by atoms with Crippen LogP contribution < -0.4 is 10.1 Å². The van der Waals surface area contributed by atoms with Gasteiger partial charge in [-0.2, -0.15) is 0 Å². The maximum atomic E-state index is 13.3. The van der Waals surface area contributed by atoms with Crippen LogP contribution in [0.15, 0.2) is 48.0 Å². The zero-order valence-corrected chi connectivity index (χ0v) is 18.8. The van der Waals surface area contributed by atoms with Gasteiger partial charge in [0.25, 0.3) is 5.91 Å². The van der Waals surface area contributed by atoms with Crippen molar-refractivity contribution in [3.63, 3.8) is 0 Å². The number of nitrogens with one attached hydrogen (secondary N) is 1. The van der Waals surface area contributed by atoms with Gasteiger partial charge in [-0.15, -0.1) is 11.3 Å². The summed E-state index contributed by atoms with van der Waals surface area (Å²) in [5.41, 5.74) is 1.97. The lowest BCUT2D eigenvalue weighted by molar-refractivity contribution is 0.0623. The fraction of sp³-hybridized carbons (Fsp3) is 0.417. The number of ether oxygens (including phenoxy) is 1. The van der Waals surface area contributed by atoms with E-state index in [0.29, 0.717) is 47.4 Å². The third-order valence-electron chi connectivity index (χ3n) is 5.37. The highest BCUT2D eigenvalue weighted by Crippen LogP contribution is 2.28. The fourth-order valence-electron chi connectivity index (χ4n) is 4.01. The molecule has 0 radical (unpaired) electrons. The molecule has 0 spiro atoms. The van der Waals surface area contributed by atoms with Crippen molar-refractivity contribution in [3.8, 4) is 5.75 Å². The number of carbonyl (C=O) groups excluding carboxylic acids is 2. The monoisotopic (exact) mass is 426 g/mol. The molecule has 2 atom stereocenters. The van der Waals surface area contributed by atoms with E-state index in [4.69, 9.17) is 4.74 Å². The van der Waals surface area contributed by atoms with Crippen LogP contribution in [-0.4, -0.2) is 36.8 Å². The summed E-state index contributed by atoms with van der Waals surface area (Å²) in [6, 6.07) is 9.16. The Morgan fingerprint density at radius 2 is 1.93 bits per heavy atom. The second-order valence-corrected chi connectivity index (χ2v) is 9.14. The van der Waals surface area contributed by atoms with Gasteiger partial charge in [0.1, 0.15) is 5.75 Å². The number of nitrogens with zero attached hydrogens (tertiary/aromatic N) is 1. The molecule has 2 heterocycles. The lowest BCUT2D eigenvalue weighted by Gasteiger charge is -2.35. The van der Waals surface area contributed by atoms with Crippen LogP contribution in [0.4, 0.5) is 5.69 Å². The highest BCUT2D eigenvalue weighted by molar-refractivity contribution is 7.12. The molecule has 1 aliphatic rings. The van der Waals surface area contributed by atoms with Gasteiger partial charge in [-0.25, -0.2) is 0 Å². The summed E-state index contributed by atoms with van der Waals surface area (Å²) < 4.78 is 5.35. The number of hydrogen-bond donors (Lipinski definition) is 1. The quantitative estimate of drug-likeness (QED) is 0.569. The van der Waals surface area contributed by atoms with Crippen molar-refractivity contribution in [2.24, 2.45) is 11.8 Å². The van der Waals surface area contributed by atoms with E-state index in [9.17, 15) is 9.59 Å². The number of hydrogen-bond acceptors (Lipinski definition) is 5. The molecule has 2 aromatic rings. The van der Waals surface area contributed by atoms with E-state index in [2.05, 4.69) is 25.7 Å². The molecule has 3 rings (SSSR count). The summed E-state index contributed by atoms with van der Waals surface area (Å²) in [4.78, 5) is 28.3. The summed E-state index contributed by atoms with van der Waals surface area (Å²) in [7, 11) is 1.59. The van der Waals surface area contributed by atoms with Gasteiger partial charge in [-0.3, -0.25) is 9.59 Å². The predicted molar refractivity (Wildman–Crippen MR) is 122 cm³/mol. The molecule has 1 aromatic carbocycles. The van der Waals surface area contributed by atoms with Gasteiger partial charge >= 0.3 is 0 Å². The van der Waals surface area contributed by atoms with Crippen molar-refractivity contribution in [2.45, 2.75) is 33.1 Å². The van der Waals surface area contributed by atoms with Crippen molar-refractivity contribution in [3.05, 3.63) is 58.4 Å². The van der Waals surface area contributed by atoms with Crippen LogP contribution in [0.1, 0.15) is 53.1 Å². The molecular formula is C24H30N2O3S. The molecule has 6 heteroatoms. The molecule has 1 unspecified atom stereocenters. The first-order chi connectivity index (χ1) is 14.4. The van der Waals surface area contributed by atoms with Gasteiger partial charge in [-0.05, 0) is 54.3 Å². The zero-order valence-electron chi connectivity index (χ0n) is 17.9. The number of thiophene rings is 1. The van der Waals surface area contributed by atoms with E-state index in [0.717, 1.165) is 24.4 Å². The van der Waals surface area contributed by atoms with Crippen molar-refractivity contribution in [1.82, 2.24) is 4.90 Å². The SMILES string of the molecule is C=C(CCC(=O)c1cccs1)Nc1ccc(OC)cc1C(=O)N1CC(C)C[C@@H](C)C1. The summed E-state index contributed by atoms with van der Waals surface area (Å²) in [6.45, 7) is 9.96. The number of carbonyl (C=O) groups is 2. The van der Waals surface area contributed by atoms with Crippen LogP contribution in [-0.2, 0) is 0 Å². The molecule has 30 heavy (non-hydrogen) atoms. The number of methoxy groups -OCH3 is 1. The Morgan fingerprint density at radius 1 is 1.20 bits per heavy atom. The van der Waals surface area contributed by atoms with E-state index < -0.39 is 0 Å². The Hall–Kier alpha value is -2.60. The Balaban J connectivity index is 1.72. The van der Waals surface area contributed by atoms with E-state index in [1.54, 1.807) is 13.2 Å². The minimum atomic E-state index is -0.00254. The van der Waals surface area contributed by atoms with Crippen molar-refractivity contribution in [2.75, 3.05) is 25.5 Å². The number of Topliss-reactive ketones (excluding diaryl/α,β-unsaturated/α-hetero) is 1. The molecule has 1 fully saturated rings. The minimum absolute atomic E-state index is 0.00254. The topological polar surface area (TPSA) is 58.6 Å². The number of piperidine rings is 1. The Bertz CT molecular complexity index is 897. The van der Waals surface area contributed by atoms with Crippen molar-refractivity contribution < 1.29 is 14.3 Å². The second-order valence-electron chi connectivity index (χ2n) is 8.20. The molecular weight excluding hydrogens is 396 g/mol. The minimum Gasteiger partial charge on any atom is -0.497 e. The molecule has 1 N–H and O–H groups in total. The van der Waals surface area contributed by atoms with E-state index in [1.807, 2.05) is 34.5 Å². The molecule has 0 saturated carbocycles. The highest BCUT2D eigenvalue weighted by Gasteiger charge is 2.27. The van der Waals surface area contributed by atoms with Gasteiger partial charge in [0.2, 0.25) is 0 Å². The molecule has 5 nitrogen and oxygen atoms in total. The molecule has 1 saturated heterocycles. The van der Waals surface area contributed by atoms with E-state index >= 15 is 0 Å². The number of likely N-dealkylation sites (tertiary alicyclic amines) is 1. The predicted octanol–water partition coefficient (Wildman–Crippen LogP) is 5.46. The molecule has 1 aromatic heterocycles. The van der Waals surface area contributed by atoms with Gasteiger partial charge in [-0.1, -0.05) is 26.5 Å². The maximum Gasteiger partial charge on any atom is 0.256 e. The van der Waals surface area contributed by atoms with Gasteiger partial charge in [0.15, 0.2) is 5.78 Å². The van der Waals surface area contributed by atoms with E-state index in [-0.39, 0.29) is 11.7 Å². The van der Waals surface area contributed by atoms with Crippen molar-refractivity contribution in [1.29, 1.82) is 0 Å². The van der Waals surface area contributed by atoms with Crippen LogP contribution in [0.2, 0.25) is 0 Å². The molecule has 1 amide bonds. The first kappa shape index (κ1) is 22.1. The van der Waals surface area contributed by atoms with Crippen LogP contribution in [0.3, 0.4) is 0 Å². The van der Waals surface area contributed by atoms with Crippen LogP contribution in [0.5, 0.6) is 5.75 Å².